The third-order valence-electron chi connectivity index (χ3n) is 6.24. The second kappa shape index (κ2) is 13.3. The van der Waals surface area contributed by atoms with E-state index >= 15 is 0 Å². The first kappa shape index (κ1) is 27.5. The van der Waals surface area contributed by atoms with E-state index in [-0.39, 0.29) is 25.2 Å². The Morgan fingerprint density at radius 1 is 1.22 bits per heavy atom. The minimum atomic E-state index is -0.746. The minimum absolute atomic E-state index is 0.0609. The molecule has 0 aromatic heterocycles. The van der Waals surface area contributed by atoms with Crippen LogP contribution in [0.1, 0.15) is 38.3 Å². The van der Waals surface area contributed by atoms with Gasteiger partial charge in [-0.05, 0) is 31.4 Å². The van der Waals surface area contributed by atoms with E-state index < -0.39 is 12.0 Å². The van der Waals surface area contributed by atoms with Crippen molar-refractivity contribution >= 4 is 29.6 Å². The van der Waals surface area contributed by atoms with Crippen molar-refractivity contribution in [3.8, 4) is 0 Å². The van der Waals surface area contributed by atoms with Crippen molar-refractivity contribution in [2.45, 2.75) is 32.7 Å². The molecule has 1 aromatic carbocycles. The molecule has 1 saturated heterocycles. The van der Waals surface area contributed by atoms with Crippen molar-refractivity contribution in [3.63, 3.8) is 0 Å². The topological polar surface area (TPSA) is 94.2 Å². The van der Waals surface area contributed by atoms with Crippen LogP contribution in [0.15, 0.2) is 48.2 Å². The number of nitrogens with zero attached hydrogens (tertiary/aromatic N) is 3. The number of urea groups is 2. The van der Waals surface area contributed by atoms with Gasteiger partial charge in [-0.25, -0.2) is 14.4 Å². The lowest BCUT2D eigenvalue weighted by atomic mass is 9.94. The summed E-state index contributed by atoms with van der Waals surface area (Å²) in [6.45, 7) is 11.5. The first-order valence-corrected chi connectivity index (χ1v) is 12.9. The lowest BCUT2D eigenvalue weighted by Gasteiger charge is -2.38. The van der Waals surface area contributed by atoms with Crippen LogP contribution >= 0.6 is 11.6 Å². The van der Waals surface area contributed by atoms with Crippen LogP contribution in [0.2, 0.25) is 5.02 Å². The van der Waals surface area contributed by atoms with E-state index in [0.29, 0.717) is 54.6 Å². The van der Waals surface area contributed by atoms with E-state index in [1.807, 2.05) is 17.9 Å². The van der Waals surface area contributed by atoms with Gasteiger partial charge in [-0.1, -0.05) is 42.8 Å². The fourth-order valence-corrected chi connectivity index (χ4v) is 4.72. The normalized spacial score (nSPS) is 19.0. The summed E-state index contributed by atoms with van der Waals surface area (Å²) >= 11 is 6.48. The van der Waals surface area contributed by atoms with Crippen molar-refractivity contribution in [1.29, 1.82) is 0 Å². The van der Waals surface area contributed by atoms with Crippen LogP contribution in [0.25, 0.3) is 0 Å². The van der Waals surface area contributed by atoms with Gasteiger partial charge in [0.15, 0.2) is 0 Å². The fraction of sp³-hybridized carbons (Fsp3) is 0.500. The zero-order chi connectivity index (χ0) is 26.1. The monoisotopic (exact) mass is 517 g/mol. The number of carbonyl (C=O) groups is 3. The van der Waals surface area contributed by atoms with Crippen molar-refractivity contribution in [3.05, 3.63) is 58.8 Å². The number of hydrogen-bond acceptors (Lipinski definition) is 5. The van der Waals surface area contributed by atoms with Gasteiger partial charge in [0.05, 0.1) is 18.2 Å². The van der Waals surface area contributed by atoms with Gasteiger partial charge < -0.3 is 20.3 Å². The van der Waals surface area contributed by atoms with Gasteiger partial charge in [-0.2, -0.15) is 0 Å². The maximum atomic E-state index is 13.3. The summed E-state index contributed by atoms with van der Waals surface area (Å²) in [5.74, 6) is -0.498. The highest BCUT2D eigenvalue weighted by Crippen LogP contribution is 2.35. The summed E-state index contributed by atoms with van der Waals surface area (Å²) in [5, 5.41) is 6.32. The molecule has 0 unspecified atom stereocenters. The Morgan fingerprint density at radius 2 is 2.00 bits per heavy atom. The SMILES string of the molecule is C=CCN1C(=O)N[C@H](c2ccccc2Cl)C(C(=O)OCC)=C1CN1CCCN(C(=O)NCCC)CC1. The number of hydrogen-bond donors (Lipinski definition) is 2. The average molecular weight is 518 g/mol. The number of esters is 1. The molecule has 1 atom stereocenters. The summed E-state index contributed by atoms with van der Waals surface area (Å²) in [6, 6.07) is 6.01. The lowest BCUT2D eigenvalue weighted by molar-refractivity contribution is -0.139. The minimum Gasteiger partial charge on any atom is -0.463 e. The van der Waals surface area contributed by atoms with Crippen molar-refractivity contribution in [2.24, 2.45) is 0 Å². The maximum Gasteiger partial charge on any atom is 0.338 e. The summed E-state index contributed by atoms with van der Waals surface area (Å²) in [4.78, 5) is 44.5. The average Bonchev–Trinajstić information content (AvgIpc) is 3.10. The van der Waals surface area contributed by atoms with Gasteiger partial charge >= 0.3 is 18.0 Å². The summed E-state index contributed by atoms with van der Waals surface area (Å²) < 4.78 is 5.44. The third-order valence-corrected chi connectivity index (χ3v) is 6.58. The molecule has 0 bridgehead atoms. The fourth-order valence-electron chi connectivity index (χ4n) is 4.48. The molecule has 3 rings (SSSR count). The van der Waals surface area contributed by atoms with Gasteiger partial charge in [0.1, 0.15) is 0 Å². The molecule has 2 heterocycles. The number of benzene rings is 1. The third kappa shape index (κ3) is 6.59. The Kier molecular flexibility index (Phi) is 10.2. The van der Waals surface area contributed by atoms with E-state index in [1.54, 1.807) is 31.2 Å². The number of amides is 4. The van der Waals surface area contributed by atoms with Gasteiger partial charge in [-0.3, -0.25) is 9.80 Å². The van der Waals surface area contributed by atoms with Crippen molar-refractivity contribution in [1.82, 2.24) is 25.3 Å². The van der Waals surface area contributed by atoms with Gasteiger partial charge in [0.2, 0.25) is 0 Å². The molecule has 0 aliphatic carbocycles. The molecule has 2 aliphatic heterocycles. The number of ether oxygens (including phenoxy) is 1. The molecule has 1 aromatic rings. The van der Waals surface area contributed by atoms with E-state index in [0.717, 1.165) is 19.4 Å². The van der Waals surface area contributed by atoms with Crippen molar-refractivity contribution < 1.29 is 19.1 Å². The highest BCUT2D eigenvalue weighted by atomic mass is 35.5. The predicted octanol–water partition coefficient (Wildman–Crippen LogP) is 3.54. The Labute approximate surface area is 218 Å². The Morgan fingerprint density at radius 3 is 2.69 bits per heavy atom. The highest BCUT2D eigenvalue weighted by Gasteiger charge is 2.39. The van der Waals surface area contributed by atoms with E-state index in [4.69, 9.17) is 16.3 Å². The van der Waals surface area contributed by atoms with Crippen LogP contribution in [0.4, 0.5) is 9.59 Å². The zero-order valence-electron chi connectivity index (χ0n) is 21.1. The molecule has 0 spiro atoms. The quantitative estimate of drug-likeness (QED) is 0.386. The molecule has 1 fully saturated rings. The molecule has 36 heavy (non-hydrogen) atoms. The Hall–Kier alpha value is -3.04. The number of halogens is 1. The van der Waals surface area contributed by atoms with E-state index in [9.17, 15) is 14.4 Å². The molecule has 10 heteroatoms. The number of rotatable bonds is 9. The van der Waals surface area contributed by atoms with Gasteiger partial charge in [0, 0.05) is 56.5 Å². The zero-order valence-corrected chi connectivity index (χ0v) is 21.9. The van der Waals surface area contributed by atoms with Crippen LogP contribution in [0.3, 0.4) is 0 Å². The van der Waals surface area contributed by atoms with Crippen LogP contribution in [-0.4, -0.2) is 85.2 Å². The second-order valence-corrected chi connectivity index (χ2v) is 9.14. The van der Waals surface area contributed by atoms with Crippen LogP contribution in [-0.2, 0) is 9.53 Å². The largest absolute Gasteiger partial charge is 0.463 e. The first-order valence-electron chi connectivity index (χ1n) is 12.5. The Balaban J connectivity index is 1.96. The van der Waals surface area contributed by atoms with Crippen LogP contribution in [0.5, 0.6) is 0 Å². The molecule has 2 N–H and O–H groups in total. The molecule has 9 nitrogen and oxygen atoms in total. The van der Waals surface area contributed by atoms with Crippen LogP contribution < -0.4 is 10.6 Å². The second-order valence-electron chi connectivity index (χ2n) is 8.73. The highest BCUT2D eigenvalue weighted by molar-refractivity contribution is 6.31. The molecular formula is C26H36ClN5O4. The Bertz CT molecular complexity index is 998. The molecular weight excluding hydrogens is 482 g/mol. The summed E-state index contributed by atoms with van der Waals surface area (Å²) in [6.07, 6.45) is 3.29. The van der Waals surface area contributed by atoms with Gasteiger partial charge in [-0.15, -0.1) is 6.58 Å². The van der Waals surface area contributed by atoms with Gasteiger partial charge in [0.25, 0.3) is 0 Å². The predicted molar refractivity (Wildman–Crippen MR) is 140 cm³/mol. The van der Waals surface area contributed by atoms with E-state index in [1.165, 1.54) is 4.90 Å². The molecule has 196 valence electrons. The van der Waals surface area contributed by atoms with E-state index in [2.05, 4.69) is 22.1 Å². The first-order chi connectivity index (χ1) is 17.4. The number of nitrogens with one attached hydrogen (secondary N) is 2. The molecule has 4 amide bonds. The lowest BCUT2D eigenvalue weighted by Crippen LogP contribution is -2.51. The summed E-state index contributed by atoms with van der Waals surface area (Å²) in [7, 11) is 0. The molecule has 2 aliphatic rings. The summed E-state index contributed by atoms with van der Waals surface area (Å²) in [5.41, 5.74) is 1.54. The molecule has 0 saturated carbocycles. The smallest absolute Gasteiger partial charge is 0.338 e. The molecule has 0 radical (unpaired) electrons. The standard InChI is InChI=1S/C26H36ClN5O4/c1-4-12-28-25(34)31-15-9-14-30(16-17-31)18-21-22(24(33)36-6-3)23(19-10-7-8-11-20(19)27)29-26(35)32(21)13-5-2/h5,7-8,10-11,23H,2,4,6,9,12-18H2,1,3H3,(H,28,34)(H,29,35)/t23-/m1/s1. The van der Waals surface area contributed by atoms with Crippen LogP contribution in [0, 0.1) is 0 Å². The number of carbonyl (C=O) groups excluding carboxylic acids is 3. The van der Waals surface area contributed by atoms with Crippen molar-refractivity contribution in [2.75, 3.05) is 52.4 Å². The maximum absolute atomic E-state index is 13.3.